The number of nitrogens with zero attached hydrogens (tertiary/aromatic N) is 1. The van der Waals surface area contributed by atoms with E-state index in [9.17, 15) is 4.57 Å². The molecule has 0 fully saturated rings. The van der Waals surface area contributed by atoms with Crippen molar-refractivity contribution in [3.8, 4) is 5.88 Å². The van der Waals surface area contributed by atoms with Gasteiger partial charge >= 0.3 is 7.82 Å². The predicted octanol–water partition coefficient (Wildman–Crippen LogP) is 4.43. The van der Waals surface area contributed by atoms with Crippen molar-refractivity contribution in [1.82, 2.24) is 4.98 Å². The summed E-state index contributed by atoms with van der Waals surface area (Å²) in [5, 5.41) is 0.111. The molecule has 1 aromatic heterocycles. The van der Waals surface area contributed by atoms with Crippen molar-refractivity contribution < 1.29 is 17.6 Å². The second-order valence-corrected chi connectivity index (χ2v) is 5.75. The first kappa shape index (κ1) is 15.4. The smallest absolute Gasteiger partial charge is 0.383 e. The summed E-state index contributed by atoms with van der Waals surface area (Å²) in [7, 11) is -3.87. The highest BCUT2D eigenvalue weighted by Gasteiger charge is 2.29. The molecule has 1 atom stereocenters. The molecule has 1 aromatic rings. The molecule has 0 radical (unpaired) electrons. The van der Waals surface area contributed by atoms with E-state index < -0.39 is 7.82 Å². The highest BCUT2D eigenvalue weighted by Crippen LogP contribution is 2.51. The lowest BCUT2D eigenvalue weighted by molar-refractivity contribution is 0.227. The first-order chi connectivity index (χ1) is 7.91. The zero-order valence-electron chi connectivity index (χ0n) is 8.39. The summed E-state index contributed by atoms with van der Waals surface area (Å²) in [5.74, 6) is -0.216. The van der Waals surface area contributed by atoms with Gasteiger partial charge in [-0.3, -0.25) is 4.52 Å². The van der Waals surface area contributed by atoms with Crippen LogP contribution in [0.3, 0.4) is 0 Å². The predicted molar refractivity (Wildman–Crippen MR) is 69.2 cm³/mol. The van der Waals surface area contributed by atoms with Crippen LogP contribution < -0.4 is 4.52 Å². The standard InChI is InChI=1S/C7H7Cl3NO4PS/c1-2-13-16(12,15-17)14-7-5(9)3-4(8)6(10)11-7/h3,17H,2H2,1H3. The van der Waals surface area contributed by atoms with E-state index in [0.29, 0.717) is 0 Å². The highest BCUT2D eigenvalue weighted by molar-refractivity contribution is 7.80. The molecule has 0 aliphatic rings. The Morgan fingerprint density at radius 3 is 2.59 bits per heavy atom. The molecule has 5 nitrogen and oxygen atoms in total. The van der Waals surface area contributed by atoms with Gasteiger partial charge < -0.3 is 4.52 Å². The zero-order chi connectivity index (χ0) is 13.1. The minimum atomic E-state index is -3.87. The Morgan fingerprint density at radius 1 is 1.41 bits per heavy atom. The number of pyridine rings is 1. The van der Waals surface area contributed by atoms with E-state index in [-0.39, 0.29) is 27.7 Å². The minimum Gasteiger partial charge on any atom is -0.383 e. The van der Waals surface area contributed by atoms with E-state index in [1.165, 1.54) is 6.07 Å². The summed E-state index contributed by atoms with van der Waals surface area (Å²) in [6.07, 6.45) is 0. The number of hydrogen-bond donors (Lipinski definition) is 1. The topological polar surface area (TPSA) is 57.7 Å². The van der Waals surface area contributed by atoms with Crippen LogP contribution in [-0.4, -0.2) is 11.6 Å². The lowest BCUT2D eigenvalue weighted by Gasteiger charge is -2.14. The first-order valence-electron chi connectivity index (χ1n) is 4.20. The molecule has 0 N–H and O–H groups in total. The zero-order valence-corrected chi connectivity index (χ0v) is 12.4. The van der Waals surface area contributed by atoms with Gasteiger partial charge in [0.1, 0.15) is 5.02 Å². The Labute approximate surface area is 119 Å². The van der Waals surface area contributed by atoms with E-state index in [0.717, 1.165) is 0 Å². The van der Waals surface area contributed by atoms with Gasteiger partial charge in [0, 0.05) is 0 Å². The third-order valence-corrected chi connectivity index (χ3v) is 4.15. The third-order valence-electron chi connectivity index (χ3n) is 1.44. The van der Waals surface area contributed by atoms with Crippen molar-refractivity contribution in [2.45, 2.75) is 6.92 Å². The van der Waals surface area contributed by atoms with Gasteiger partial charge in [-0.15, -0.1) is 0 Å². The monoisotopic (exact) mass is 337 g/mol. The fourth-order valence-electron chi connectivity index (χ4n) is 0.823. The van der Waals surface area contributed by atoms with Gasteiger partial charge in [-0.05, 0) is 25.9 Å². The van der Waals surface area contributed by atoms with E-state index in [1.807, 2.05) is 0 Å². The maximum atomic E-state index is 11.8. The molecule has 0 spiro atoms. The van der Waals surface area contributed by atoms with Crippen LogP contribution in [0, 0.1) is 0 Å². The Hall–Kier alpha value is 0.320. The second-order valence-electron chi connectivity index (χ2n) is 2.59. The number of hydrogen-bond acceptors (Lipinski definition) is 6. The molecule has 0 bridgehead atoms. The summed E-state index contributed by atoms with van der Waals surface area (Å²) >= 11 is 20.5. The van der Waals surface area contributed by atoms with Gasteiger partial charge in [0.15, 0.2) is 5.15 Å². The Kier molecular flexibility index (Phi) is 5.86. The quantitative estimate of drug-likeness (QED) is 0.372. The largest absolute Gasteiger partial charge is 0.542 e. The number of aromatic nitrogens is 1. The Balaban J connectivity index is 3.02. The number of phosphoric acid groups is 1. The van der Waals surface area contributed by atoms with Crippen molar-refractivity contribution in [1.29, 1.82) is 0 Å². The normalized spacial score (nSPS) is 14.4. The van der Waals surface area contributed by atoms with Crippen molar-refractivity contribution in [2.24, 2.45) is 0 Å². The summed E-state index contributed by atoms with van der Waals surface area (Å²) in [6.45, 7) is 1.70. The maximum Gasteiger partial charge on any atom is 0.542 e. The second kappa shape index (κ2) is 6.48. The maximum absolute atomic E-state index is 11.8. The average molecular weight is 339 g/mol. The first-order valence-corrected chi connectivity index (χ1v) is 7.16. The summed E-state index contributed by atoms with van der Waals surface area (Å²) in [4.78, 5) is 3.70. The fourth-order valence-corrected chi connectivity index (χ4v) is 2.45. The molecule has 0 aliphatic heterocycles. The minimum absolute atomic E-state index is 0.0183. The van der Waals surface area contributed by atoms with Crippen LogP contribution in [0.15, 0.2) is 6.07 Å². The van der Waals surface area contributed by atoms with Crippen molar-refractivity contribution in [2.75, 3.05) is 6.61 Å². The Morgan fingerprint density at radius 2 is 2.06 bits per heavy atom. The molecule has 1 rings (SSSR count). The van der Waals surface area contributed by atoms with Crippen LogP contribution in [0.5, 0.6) is 5.88 Å². The molecular formula is C7H7Cl3NO4PS. The lowest BCUT2D eigenvalue weighted by atomic mass is 10.5. The van der Waals surface area contributed by atoms with E-state index in [4.69, 9.17) is 43.9 Å². The van der Waals surface area contributed by atoms with Gasteiger partial charge in [0.25, 0.3) is 0 Å². The van der Waals surface area contributed by atoms with Gasteiger partial charge in [0.2, 0.25) is 5.88 Å². The Bertz CT molecular complexity index is 461. The van der Waals surface area contributed by atoms with E-state index >= 15 is 0 Å². The number of thiol groups is 1. The lowest BCUT2D eigenvalue weighted by Crippen LogP contribution is -2.00. The van der Waals surface area contributed by atoms with Crippen molar-refractivity contribution >= 4 is 55.5 Å². The van der Waals surface area contributed by atoms with Crippen LogP contribution in [-0.2, 0) is 13.1 Å². The van der Waals surface area contributed by atoms with Crippen molar-refractivity contribution in [3.63, 3.8) is 0 Å². The van der Waals surface area contributed by atoms with Gasteiger partial charge in [0.05, 0.1) is 11.6 Å². The SMILES string of the molecule is CCOP(=O)(OS)Oc1nc(Cl)c(Cl)cc1Cl. The van der Waals surface area contributed by atoms with Crippen LogP contribution in [0.2, 0.25) is 15.2 Å². The number of halogens is 3. The fraction of sp³-hybridized carbons (Fsp3) is 0.286. The molecule has 0 saturated carbocycles. The van der Waals surface area contributed by atoms with Crippen molar-refractivity contribution in [3.05, 3.63) is 21.3 Å². The van der Waals surface area contributed by atoms with E-state index in [2.05, 4.69) is 21.9 Å². The molecule has 0 aromatic carbocycles. The van der Waals surface area contributed by atoms with Gasteiger partial charge in [-0.25, -0.2) is 8.54 Å². The van der Waals surface area contributed by atoms with Gasteiger partial charge in [-0.1, -0.05) is 34.8 Å². The summed E-state index contributed by atoms with van der Waals surface area (Å²) in [5.41, 5.74) is 0. The van der Waals surface area contributed by atoms with Crippen LogP contribution in [0.4, 0.5) is 0 Å². The average Bonchev–Trinajstić information content (AvgIpc) is 2.26. The third kappa shape index (κ3) is 4.17. The molecule has 96 valence electrons. The molecule has 0 saturated heterocycles. The molecular weight excluding hydrogens is 331 g/mol. The summed E-state index contributed by atoms with van der Waals surface area (Å²) < 4.78 is 25.8. The molecule has 0 aliphatic carbocycles. The highest BCUT2D eigenvalue weighted by atomic mass is 35.5. The summed E-state index contributed by atoms with van der Waals surface area (Å²) in [6, 6.07) is 1.29. The molecule has 1 unspecified atom stereocenters. The van der Waals surface area contributed by atoms with Crippen LogP contribution in [0.25, 0.3) is 0 Å². The number of rotatable bonds is 5. The van der Waals surface area contributed by atoms with Crippen LogP contribution in [0.1, 0.15) is 6.92 Å². The molecule has 10 heteroatoms. The van der Waals surface area contributed by atoms with Gasteiger partial charge in [-0.2, -0.15) is 4.98 Å². The van der Waals surface area contributed by atoms with Crippen LogP contribution >= 0.6 is 55.5 Å². The number of phosphoric ester groups is 1. The molecule has 0 amide bonds. The molecule has 1 heterocycles. The molecule has 17 heavy (non-hydrogen) atoms. The van der Waals surface area contributed by atoms with E-state index in [1.54, 1.807) is 6.92 Å².